The third-order valence-electron chi connectivity index (χ3n) is 4.40. The van der Waals surface area contributed by atoms with E-state index in [1.165, 1.54) is 9.78 Å². The third-order valence-corrected chi connectivity index (χ3v) is 5.60. The number of guanidine groups is 1. The van der Waals surface area contributed by atoms with E-state index in [2.05, 4.69) is 27.5 Å². The minimum atomic E-state index is -0.236. The van der Waals surface area contributed by atoms with Gasteiger partial charge in [-0.1, -0.05) is 19.1 Å². The predicted octanol–water partition coefficient (Wildman–Crippen LogP) is 2.72. The molecule has 7 nitrogen and oxygen atoms in total. The molecule has 1 aliphatic heterocycles. The Hall–Kier alpha value is -2.01. The number of hydrogen-bond donors (Lipinski definition) is 2. The minimum Gasteiger partial charge on any atom is -0.357 e. The van der Waals surface area contributed by atoms with Crippen molar-refractivity contribution in [2.45, 2.75) is 26.7 Å². The van der Waals surface area contributed by atoms with E-state index in [0.717, 1.165) is 24.4 Å². The van der Waals surface area contributed by atoms with Crippen LogP contribution in [0.5, 0.6) is 0 Å². The van der Waals surface area contributed by atoms with Crippen LogP contribution >= 0.6 is 35.3 Å². The van der Waals surface area contributed by atoms with Crippen LogP contribution in [-0.2, 0) is 12.8 Å². The third kappa shape index (κ3) is 5.75. The van der Waals surface area contributed by atoms with Crippen molar-refractivity contribution >= 4 is 53.1 Å². The van der Waals surface area contributed by atoms with Crippen LogP contribution in [0.3, 0.4) is 0 Å². The second kappa shape index (κ2) is 11.2. The van der Waals surface area contributed by atoms with Gasteiger partial charge in [-0.05, 0) is 25.5 Å². The first-order chi connectivity index (χ1) is 13.6. The van der Waals surface area contributed by atoms with Gasteiger partial charge in [-0.2, -0.15) is 0 Å². The van der Waals surface area contributed by atoms with Gasteiger partial charge < -0.3 is 10.6 Å². The molecule has 156 valence electrons. The fourth-order valence-corrected chi connectivity index (χ4v) is 3.81. The molecular weight excluding hydrogens is 501 g/mol. The number of thiazole rings is 1. The Kier molecular flexibility index (Phi) is 9.02. The van der Waals surface area contributed by atoms with Crippen LogP contribution < -0.4 is 10.6 Å². The number of halogens is 1. The topological polar surface area (TPSA) is 86.7 Å². The molecule has 2 N–H and O–H groups in total. The first-order valence-electron chi connectivity index (χ1n) is 9.55. The predicted molar refractivity (Wildman–Crippen MR) is 126 cm³/mol. The first-order valence-corrected chi connectivity index (χ1v) is 10.4. The van der Waals surface area contributed by atoms with Gasteiger partial charge in [-0.25, -0.2) is 4.98 Å². The molecule has 1 aliphatic rings. The molecule has 2 amide bonds. The number of carbonyl (C=O) groups excluding carboxylic acids is 2. The molecule has 0 spiro atoms. The molecule has 0 atom stereocenters. The molecule has 0 radical (unpaired) electrons. The number of nitrogens with one attached hydrogen (secondary N) is 2. The number of aliphatic imine (C=N–C) groups is 1. The highest BCUT2D eigenvalue weighted by Crippen LogP contribution is 2.21. The highest BCUT2D eigenvalue weighted by atomic mass is 127. The Morgan fingerprint density at radius 1 is 1.14 bits per heavy atom. The highest BCUT2D eigenvalue weighted by Gasteiger charge is 2.34. The molecule has 2 heterocycles. The van der Waals surface area contributed by atoms with Gasteiger partial charge in [0.05, 0.1) is 16.1 Å². The maximum absolute atomic E-state index is 12.4. The van der Waals surface area contributed by atoms with Crippen LogP contribution in [0.15, 0.2) is 35.5 Å². The molecule has 1 aromatic heterocycles. The maximum atomic E-state index is 12.4. The zero-order valence-electron chi connectivity index (χ0n) is 16.6. The Bertz CT molecular complexity index is 848. The summed E-state index contributed by atoms with van der Waals surface area (Å²) in [5.41, 5.74) is 0.950. The normalized spacial score (nSPS) is 13.3. The number of aryl methyl sites for hydroxylation is 1. The quantitative estimate of drug-likeness (QED) is 0.239. The van der Waals surface area contributed by atoms with Crippen molar-refractivity contribution in [3.05, 3.63) is 51.5 Å². The van der Waals surface area contributed by atoms with Crippen molar-refractivity contribution in [1.82, 2.24) is 20.5 Å². The summed E-state index contributed by atoms with van der Waals surface area (Å²) in [6, 6.07) is 6.93. The van der Waals surface area contributed by atoms with Crippen molar-refractivity contribution in [1.29, 1.82) is 0 Å². The molecular formula is C20H26IN5O2S. The highest BCUT2D eigenvalue weighted by molar-refractivity contribution is 14.0. The van der Waals surface area contributed by atoms with Crippen LogP contribution in [0.1, 0.15) is 44.4 Å². The fraction of sp³-hybridized carbons (Fsp3) is 0.400. The number of imide groups is 1. The second-order valence-corrected chi connectivity index (χ2v) is 7.52. The molecule has 29 heavy (non-hydrogen) atoms. The van der Waals surface area contributed by atoms with Crippen molar-refractivity contribution in [2.24, 2.45) is 4.99 Å². The lowest BCUT2D eigenvalue weighted by Gasteiger charge is -2.16. The molecule has 9 heteroatoms. The van der Waals surface area contributed by atoms with Crippen LogP contribution in [0, 0.1) is 0 Å². The Morgan fingerprint density at radius 3 is 2.41 bits per heavy atom. The summed E-state index contributed by atoms with van der Waals surface area (Å²) >= 11 is 1.72. The number of benzene rings is 1. The number of fused-ring (bicyclic) bond motifs is 1. The SMILES string of the molecule is CCNC(=NCCc1ncc(CC)s1)NCCN1C(=O)c2ccccc2C1=O.I. The summed E-state index contributed by atoms with van der Waals surface area (Å²) in [7, 11) is 0. The van der Waals surface area contributed by atoms with E-state index in [1.807, 2.05) is 13.1 Å². The number of carbonyl (C=O) groups is 2. The van der Waals surface area contributed by atoms with E-state index in [1.54, 1.807) is 35.6 Å². The molecule has 0 saturated heterocycles. The van der Waals surface area contributed by atoms with Gasteiger partial charge in [0.15, 0.2) is 5.96 Å². The molecule has 0 aliphatic carbocycles. The second-order valence-electron chi connectivity index (χ2n) is 6.32. The number of amides is 2. The summed E-state index contributed by atoms with van der Waals surface area (Å²) in [5, 5.41) is 7.46. The van der Waals surface area contributed by atoms with Crippen LogP contribution in [0.25, 0.3) is 0 Å². The van der Waals surface area contributed by atoms with Gasteiger partial charge in [-0.3, -0.25) is 19.5 Å². The molecule has 1 aromatic carbocycles. The molecule has 0 fully saturated rings. The smallest absolute Gasteiger partial charge is 0.261 e. The van der Waals surface area contributed by atoms with Crippen molar-refractivity contribution in [3.8, 4) is 0 Å². The lowest BCUT2D eigenvalue weighted by Crippen LogP contribution is -2.43. The Labute approximate surface area is 192 Å². The average Bonchev–Trinajstić information content (AvgIpc) is 3.26. The largest absolute Gasteiger partial charge is 0.357 e. The van der Waals surface area contributed by atoms with E-state index in [9.17, 15) is 9.59 Å². The van der Waals surface area contributed by atoms with E-state index >= 15 is 0 Å². The summed E-state index contributed by atoms with van der Waals surface area (Å²) in [6.07, 6.45) is 3.72. The summed E-state index contributed by atoms with van der Waals surface area (Å²) < 4.78 is 0. The van der Waals surface area contributed by atoms with Gasteiger partial charge in [0, 0.05) is 43.7 Å². The summed E-state index contributed by atoms with van der Waals surface area (Å²) in [6.45, 7) is 6.21. The van der Waals surface area contributed by atoms with Crippen LogP contribution in [0.2, 0.25) is 0 Å². The number of aromatic nitrogens is 1. The zero-order chi connectivity index (χ0) is 19.9. The van der Waals surface area contributed by atoms with Gasteiger partial charge >= 0.3 is 0 Å². The standard InChI is InChI=1S/C20H25N5O2S.HI/c1-3-14-13-24-17(28-14)9-10-22-20(21-4-2)23-11-12-25-18(26)15-7-5-6-8-16(15)19(25)27;/h5-8,13H,3-4,9-12H2,1-2H3,(H2,21,22,23);1H. The molecule has 3 rings (SSSR count). The van der Waals surface area contributed by atoms with Gasteiger partial charge in [0.2, 0.25) is 0 Å². The summed E-state index contributed by atoms with van der Waals surface area (Å²) in [5.74, 6) is 0.200. The van der Waals surface area contributed by atoms with E-state index in [0.29, 0.717) is 36.7 Å². The molecule has 0 unspecified atom stereocenters. The monoisotopic (exact) mass is 527 g/mol. The lowest BCUT2D eigenvalue weighted by atomic mass is 10.1. The van der Waals surface area contributed by atoms with Crippen LogP contribution in [-0.4, -0.2) is 53.8 Å². The van der Waals surface area contributed by atoms with Gasteiger partial charge in [0.1, 0.15) is 0 Å². The first kappa shape index (κ1) is 23.3. The zero-order valence-corrected chi connectivity index (χ0v) is 19.8. The number of rotatable bonds is 8. The van der Waals surface area contributed by atoms with Gasteiger partial charge in [0.25, 0.3) is 11.8 Å². The maximum Gasteiger partial charge on any atom is 0.261 e. The number of hydrogen-bond acceptors (Lipinski definition) is 5. The Balaban J connectivity index is 0.00000300. The van der Waals surface area contributed by atoms with Crippen molar-refractivity contribution in [3.63, 3.8) is 0 Å². The molecule has 0 bridgehead atoms. The molecule has 2 aromatic rings. The molecule has 0 saturated carbocycles. The van der Waals surface area contributed by atoms with E-state index in [4.69, 9.17) is 0 Å². The summed E-state index contributed by atoms with van der Waals surface area (Å²) in [4.78, 5) is 36.3. The van der Waals surface area contributed by atoms with Crippen molar-refractivity contribution < 1.29 is 9.59 Å². The minimum absolute atomic E-state index is 0. The van der Waals surface area contributed by atoms with Gasteiger partial charge in [-0.15, -0.1) is 35.3 Å². The number of nitrogens with zero attached hydrogens (tertiary/aromatic N) is 3. The van der Waals surface area contributed by atoms with E-state index < -0.39 is 0 Å². The lowest BCUT2D eigenvalue weighted by molar-refractivity contribution is 0.0657. The Morgan fingerprint density at radius 2 is 1.83 bits per heavy atom. The van der Waals surface area contributed by atoms with Crippen LogP contribution in [0.4, 0.5) is 0 Å². The van der Waals surface area contributed by atoms with Crippen molar-refractivity contribution in [2.75, 3.05) is 26.2 Å². The average molecular weight is 527 g/mol. The fourth-order valence-electron chi connectivity index (χ4n) is 2.96. The van der Waals surface area contributed by atoms with E-state index in [-0.39, 0.29) is 35.8 Å².